The Morgan fingerprint density at radius 2 is 1.94 bits per heavy atom. The van der Waals surface area contributed by atoms with E-state index in [0.29, 0.717) is 41.3 Å². The average molecular weight is 469 g/mol. The van der Waals surface area contributed by atoms with Crippen molar-refractivity contribution < 1.29 is 19.0 Å². The number of amides is 1. The highest BCUT2D eigenvalue weighted by Crippen LogP contribution is 2.29. The Morgan fingerprint density at radius 3 is 2.64 bits per heavy atom. The van der Waals surface area contributed by atoms with Crippen molar-refractivity contribution in [1.82, 2.24) is 14.8 Å². The molecule has 2 aromatic carbocycles. The zero-order chi connectivity index (χ0) is 23.6. The molecule has 0 unspecified atom stereocenters. The summed E-state index contributed by atoms with van der Waals surface area (Å²) in [6.45, 7) is 9.01. The molecule has 1 heterocycles. The fraction of sp³-hybridized carbons (Fsp3) is 0.292. The molecule has 3 rings (SSSR count). The second-order valence-electron chi connectivity index (χ2n) is 7.04. The first-order chi connectivity index (χ1) is 16.0. The van der Waals surface area contributed by atoms with Crippen LogP contribution in [0.4, 0.5) is 5.69 Å². The van der Waals surface area contributed by atoms with E-state index in [1.54, 1.807) is 37.5 Å². The number of aryl methyl sites for hydroxylation is 1. The topological polar surface area (TPSA) is 87.5 Å². The summed E-state index contributed by atoms with van der Waals surface area (Å²) in [7, 11) is 1.60. The van der Waals surface area contributed by atoms with Crippen molar-refractivity contribution in [3.8, 4) is 17.2 Å². The summed E-state index contributed by atoms with van der Waals surface area (Å²) >= 11 is 1.30. The second kappa shape index (κ2) is 12.0. The van der Waals surface area contributed by atoms with Crippen LogP contribution in [0.15, 0.2) is 60.3 Å². The fourth-order valence-electron chi connectivity index (χ4n) is 2.99. The number of aromatic nitrogens is 3. The Labute approximate surface area is 198 Å². The smallest absolute Gasteiger partial charge is 0.234 e. The lowest BCUT2D eigenvalue weighted by Crippen LogP contribution is -2.15. The lowest BCUT2D eigenvalue weighted by Gasteiger charge is -2.13. The predicted molar refractivity (Wildman–Crippen MR) is 129 cm³/mol. The Hall–Kier alpha value is -3.46. The summed E-state index contributed by atoms with van der Waals surface area (Å²) in [5, 5.41) is 12.0. The highest BCUT2D eigenvalue weighted by Gasteiger charge is 2.15. The van der Waals surface area contributed by atoms with Crippen LogP contribution >= 0.6 is 11.8 Å². The monoisotopic (exact) mass is 468 g/mol. The van der Waals surface area contributed by atoms with Crippen molar-refractivity contribution in [3.63, 3.8) is 0 Å². The Bertz CT molecular complexity index is 1080. The van der Waals surface area contributed by atoms with Crippen molar-refractivity contribution >= 4 is 23.4 Å². The molecule has 0 aliphatic heterocycles. The average Bonchev–Trinajstić information content (AvgIpc) is 3.19. The first-order valence-electron chi connectivity index (χ1n) is 10.5. The number of methoxy groups -OCH3 is 1. The van der Waals surface area contributed by atoms with E-state index in [9.17, 15) is 4.79 Å². The maximum atomic E-state index is 12.4. The number of thioether (sulfide) groups is 1. The molecule has 9 heteroatoms. The van der Waals surface area contributed by atoms with E-state index >= 15 is 0 Å². The molecule has 174 valence electrons. The number of carbonyl (C=O) groups excluding carboxylic acids is 1. The molecule has 1 aromatic heterocycles. The highest BCUT2D eigenvalue weighted by atomic mass is 32.2. The van der Waals surface area contributed by atoms with Crippen molar-refractivity contribution in [2.45, 2.75) is 32.2 Å². The summed E-state index contributed by atoms with van der Waals surface area (Å²) in [6.07, 6.45) is 1.76. The number of hydrogen-bond donors (Lipinski definition) is 1. The van der Waals surface area contributed by atoms with Gasteiger partial charge >= 0.3 is 0 Å². The van der Waals surface area contributed by atoms with Gasteiger partial charge in [0.1, 0.15) is 12.4 Å². The molecule has 0 fully saturated rings. The summed E-state index contributed by atoms with van der Waals surface area (Å²) in [5.74, 6) is 2.75. The van der Waals surface area contributed by atoms with Crippen molar-refractivity contribution in [2.75, 3.05) is 24.8 Å². The SMILES string of the molecule is C=CCn1c(COc2ccc(C)cc2OCC)nnc1SCC(=O)Nc1ccc(OC)cc1. The van der Waals surface area contributed by atoms with Crippen LogP contribution in [0.3, 0.4) is 0 Å². The third-order valence-electron chi connectivity index (χ3n) is 4.57. The van der Waals surface area contributed by atoms with Crippen molar-refractivity contribution in [1.29, 1.82) is 0 Å². The molecule has 33 heavy (non-hydrogen) atoms. The highest BCUT2D eigenvalue weighted by molar-refractivity contribution is 7.99. The molecule has 1 N–H and O–H groups in total. The number of hydrogen-bond acceptors (Lipinski definition) is 7. The number of anilines is 1. The lowest BCUT2D eigenvalue weighted by molar-refractivity contribution is -0.113. The number of rotatable bonds is 12. The number of allylic oxidation sites excluding steroid dienone is 1. The van der Waals surface area contributed by atoms with Crippen molar-refractivity contribution in [2.24, 2.45) is 0 Å². The van der Waals surface area contributed by atoms with Gasteiger partial charge in [-0.25, -0.2) is 0 Å². The van der Waals surface area contributed by atoms with Crippen LogP contribution in [0.5, 0.6) is 17.2 Å². The number of carbonyl (C=O) groups is 1. The minimum atomic E-state index is -0.142. The third-order valence-corrected chi connectivity index (χ3v) is 5.53. The molecule has 0 atom stereocenters. The molecule has 3 aromatic rings. The number of benzene rings is 2. The van der Waals surface area contributed by atoms with Crippen LogP contribution in [0, 0.1) is 6.92 Å². The largest absolute Gasteiger partial charge is 0.497 e. The van der Waals surface area contributed by atoms with E-state index in [2.05, 4.69) is 22.1 Å². The number of nitrogens with one attached hydrogen (secondary N) is 1. The van der Waals surface area contributed by atoms with Gasteiger partial charge in [-0.15, -0.1) is 16.8 Å². The summed E-state index contributed by atoms with van der Waals surface area (Å²) in [6, 6.07) is 13.0. The zero-order valence-corrected chi connectivity index (χ0v) is 19.9. The minimum absolute atomic E-state index is 0.142. The molecule has 1 amide bonds. The van der Waals surface area contributed by atoms with Gasteiger partial charge in [-0.1, -0.05) is 23.9 Å². The van der Waals surface area contributed by atoms with E-state index in [1.807, 2.05) is 36.6 Å². The van der Waals surface area contributed by atoms with E-state index in [1.165, 1.54) is 11.8 Å². The van der Waals surface area contributed by atoms with Gasteiger partial charge in [-0.2, -0.15) is 0 Å². The van der Waals surface area contributed by atoms with Crippen LogP contribution in [0.1, 0.15) is 18.3 Å². The molecule has 0 spiro atoms. The van der Waals surface area contributed by atoms with Gasteiger partial charge in [-0.3, -0.25) is 9.36 Å². The molecule has 0 bridgehead atoms. The van der Waals surface area contributed by atoms with Gasteiger partial charge in [0.25, 0.3) is 0 Å². The molecule has 0 saturated carbocycles. The molecular formula is C24H28N4O4S. The van der Waals surface area contributed by atoms with Crippen LogP contribution in [-0.2, 0) is 17.9 Å². The van der Waals surface area contributed by atoms with Crippen LogP contribution < -0.4 is 19.5 Å². The Kier molecular flexibility index (Phi) is 8.77. The second-order valence-corrected chi connectivity index (χ2v) is 7.98. The van der Waals surface area contributed by atoms with E-state index in [-0.39, 0.29) is 18.3 Å². The van der Waals surface area contributed by atoms with Gasteiger partial charge in [0, 0.05) is 12.2 Å². The molecular weight excluding hydrogens is 440 g/mol. The van der Waals surface area contributed by atoms with Gasteiger partial charge in [-0.05, 0) is 55.8 Å². The normalized spacial score (nSPS) is 10.5. The molecule has 0 saturated heterocycles. The third kappa shape index (κ3) is 6.76. The van der Waals surface area contributed by atoms with Crippen LogP contribution in [0.25, 0.3) is 0 Å². The summed E-state index contributed by atoms with van der Waals surface area (Å²) < 4.78 is 18.7. The zero-order valence-electron chi connectivity index (χ0n) is 19.0. The maximum absolute atomic E-state index is 12.4. The molecule has 0 aliphatic rings. The molecule has 0 aliphatic carbocycles. The first-order valence-corrected chi connectivity index (χ1v) is 11.5. The Balaban J connectivity index is 1.63. The van der Waals surface area contributed by atoms with Crippen LogP contribution in [-0.4, -0.2) is 40.1 Å². The Morgan fingerprint density at radius 1 is 1.15 bits per heavy atom. The van der Waals surface area contributed by atoms with Gasteiger partial charge in [0.05, 0.1) is 19.5 Å². The van der Waals surface area contributed by atoms with E-state index < -0.39 is 0 Å². The minimum Gasteiger partial charge on any atom is -0.497 e. The standard InChI is InChI=1S/C24H28N4O4S/c1-5-13-28-22(15-32-20-12-7-17(3)14-21(20)31-6-2)26-27-24(28)33-16-23(29)25-18-8-10-19(30-4)11-9-18/h5,7-12,14H,1,6,13,15-16H2,2-4H3,(H,25,29). The predicted octanol–water partition coefficient (Wildman–Crippen LogP) is 4.49. The number of ether oxygens (including phenoxy) is 3. The fourth-order valence-corrected chi connectivity index (χ4v) is 3.76. The van der Waals surface area contributed by atoms with Crippen LogP contribution in [0.2, 0.25) is 0 Å². The van der Waals surface area contributed by atoms with E-state index in [0.717, 1.165) is 11.3 Å². The summed E-state index contributed by atoms with van der Waals surface area (Å²) in [4.78, 5) is 12.4. The number of nitrogens with zero attached hydrogens (tertiary/aromatic N) is 3. The van der Waals surface area contributed by atoms with E-state index in [4.69, 9.17) is 14.2 Å². The maximum Gasteiger partial charge on any atom is 0.234 e. The summed E-state index contributed by atoms with van der Waals surface area (Å²) in [5.41, 5.74) is 1.79. The lowest BCUT2D eigenvalue weighted by atomic mass is 10.2. The first kappa shape index (κ1) is 24.2. The molecule has 0 radical (unpaired) electrons. The quantitative estimate of drug-likeness (QED) is 0.309. The van der Waals surface area contributed by atoms with Gasteiger partial charge in [0.15, 0.2) is 22.5 Å². The molecule has 8 nitrogen and oxygen atoms in total. The van der Waals surface area contributed by atoms with Crippen molar-refractivity contribution in [3.05, 3.63) is 66.5 Å². The van der Waals surface area contributed by atoms with Gasteiger partial charge in [0.2, 0.25) is 5.91 Å². The van der Waals surface area contributed by atoms with Gasteiger partial charge < -0.3 is 19.5 Å².